The second-order valence-corrected chi connectivity index (χ2v) is 19.9. The standard InChI is InChI=1S/C36H36O2S8/c1-19-5-9-21(10-6-19)13-25(37-35(39)41-3)29-17-31-33(45-29)23-15-28-24(16-27(23)43-31)34-32(44-28)18-30(46-34)26(38-36(40)42-4)14-22-11-7-20(2)8-12-22/h5-12,17-18,23-28H,13-16H2,1-4H3. The molecule has 2 aromatic heterocycles. The Morgan fingerprint density at radius 3 is 1.46 bits per heavy atom. The van der Waals surface area contributed by atoms with Gasteiger partial charge in [-0.15, -0.1) is 46.2 Å². The molecule has 1 aliphatic carbocycles. The van der Waals surface area contributed by atoms with Crippen LogP contribution in [0.5, 0.6) is 0 Å². The smallest absolute Gasteiger partial charge is 0.220 e. The lowest BCUT2D eigenvalue weighted by Crippen LogP contribution is -2.28. The van der Waals surface area contributed by atoms with Gasteiger partial charge in [0.25, 0.3) is 0 Å². The molecule has 7 rings (SSSR count). The number of hydrogen-bond acceptors (Lipinski definition) is 10. The molecule has 3 aliphatic rings. The number of thiocarbonyl (C=S) groups is 2. The second kappa shape index (κ2) is 14.5. The molecular formula is C36H36O2S8. The highest BCUT2D eigenvalue weighted by Crippen LogP contribution is 2.64. The molecule has 2 aromatic carbocycles. The number of thiophene rings is 2. The molecule has 46 heavy (non-hydrogen) atoms. The van der Waals surface area contributed by atoms with Crippen molar-refractivity contribution >= 4 is 103 Å². The van der Waals surface area contributed by atoms with E-state index in [0.29, 0.717) is 31.1 Å². The summed E-state index contributed by atoms with van der Waals surface area (Å²) in [6, 6.07) is 22.5. The quantitative estimate of drug-likeness (QED) is 0.163. The van der Waals surface area contributed by atoms with E-state index in [1.807, 2.05) is 35.2 Å². The molecule has 0 saturated heterocycles. The summed E-state index contributed by atoms with van der Waals surface area (Å²) < 4.78 is 14.0. The van der Waals surface area contributed by atoms with E-state index in [0.717, 1.165) is 12.8 Å². The molecule has 1 saturated carbocycles. The lowest BCUT2D eigenvalue weighted by molar-refractivity contribution is 0.209. The molecule has 2 aliphatic heterocycles. The molecule has 1 fully saturated rings. The molecule has 0 spiro atoms. The van der Waals surface area contributed by atoms with Crippen LogP contribution in [0.15, 0.2) is 70.5 Å². The van der Waals surface area contributed by atoms with Crippen LogP contribution >= 0.6 is 94.2 Å². The summed E-state index contributed by atoms with van der Waals surface area (Å²) >= 11 is 22.3. The van der Waals surface area contributed by atoms with Crippen molar-refractivity contribution in [3.63, 3.8) is 0 Å². The molecule has 0 radical (unpaired) electrons. The molecule has 2 nitrogen and oxygen atoms in total. The van der Waals surface area contributed by atoms with Crippen molar-refractivity contribution < 1.29 is 9.47 Å². The molecule has 4 aromatic rings. The number of ether oxygens (including phenoxy) is 2. The third-order valence-corrected chi connectivity index (χ3v) is 17.0. The van der Waals surface area contributed by atoms with Gasteiger partial charge in [0.15, 0.2) is 0 Å². The first-order valence-electron chi connectivity index (χ1n) is 15.5. The van der Waals surface area contributed by atoms with Crippen LogP contribution in [-0.2, 0) is 22.3 Å². The van der Waals surface area contributed by atoms with E-state index in [1.165, 1.54) is 78.2 Å². The van der Waals surface area contributed by atoms with Crippen molar-refractivity contribution in [3.05, 3.63) is 102 Å². The third-order valence-electron chi connectivity index (χ3n) is 9.12. The van der Waals surface area contributed by atoms with Crippen molar-refractivity contribution in [1.29, 1.82) is 0 Å². The fraction of sp³-hybridized carbons (Fsp3) is 0.389. The van der Waals surface area contributed by atoms with Crippen LogP contribution in [0.2, 0.25) is 0 Å². The first-order valence-corrected chi connectivity index (χ1v) is 22.1. The lowest BCUT2D eigenvalue weighted by Gasteiger charge is -2.34. The third kappa shape index (κ3) is 7.16. The van der Waals surface area contributed by atoms with Crippen molar-refractivity contribution in [2.75, 3.05) is 12.5 Å². The van der Waals surface area contributed by atoms with Gasteiger partial charge in [0.1, 0.15) is 12.2 Å². The summed E-state index contributed by atoms with van der Waals surface area (Å²) in [6.07, 6.45) is 8.04. The Bertz CT molecular complexity index is 1600. The minimum Gasteiger partial charge on any atom is -0.469 e. The Kier molecular flexibility index (Phi) is 10.5. The van der Waals surface area contributed by atoms with Crippen molar-refractivity contribution in [1.82, 2.24) is 0 Å². The highest BCUT2D eigenvalue weighted by Gasteiger charge is 2.49. The van der Waals surface area contributed by atoms with Gasteiger partial charge in [0, 0.05) is 64.5 Å². The predicted molar refractivity (Wildman–Crippen MR) is 212 cm³/mol. The average molecular weight is 757 g/mol. The summed E-state index contributed by atoms with van der Waals surface area (Å²) in [4.78, 5) is 8.70. The number of benzene rings is 2. The minimum absolute atomic E-state index is 0.0472. The van der Waals surface area contributed by atoms with Crippen molar-refractivity contribution in [3.8, 4) is 0 Å². The van der Waals surface area contributed by atoms with Crippen LogP contribution in [0.25, 0.3) is 0 Å². The fourth-order valence-corrected chi connectivity index (χ4v) is 13.8. The van der Waals surface area contributed by atoms with Gasteiger partial charge in [-0.1, -0.05) is 83.2 Å². The Hall–Kier alpha value is -0.980. The van der Waals surface area contributed by atoms with Gasteiger partial charge in [-0.3, -0.25) is 0 Å². The van der Waals surface area contributed by atoms with Crippen LogP contribution in [0.4, 0.5) is 0 Å². The highest BCUT2D eigenvalue weighted by molar-refractivity contribution is 8.22. The Balaban J connectivity index is 1.07. The van der Waals surface area contributed by atoms with Gasteiger partial charge >= 0.3 is 0 Å². The van der Waals surface area contributed by atoms with E-state index in [1.54, 1.807) is 9.75 Å². The molecule has 6 unspecified atom stereocenters. The highest BCUT2D eigenvalue weighted by atomic mass is 32.2. The number of thioether (sulfide) groups is 4. The van der Waals surface area contributed by atoms with Gasteiger partial charge in [-0.05, 0) is 86.9 Å². The van der Waals surface area contributed by atoms with Gasteiger partial charge in [-0.25, -0.2) is 0 Å². The maximum atomic E-state index is 6.37. The zero-order valence-electron chi connectivity index (χ0n) is 26.1. The van der Waals surface area contributed by atoms with E-state index >= 15 is 0 Å². The maximum absolute atomic E-state index is 6.37. The van der Waals surface area contributed by atoms with E-state index in [-0.39, 0.29) is 12.2 Å². The number of rotatable bonds is 8. The van der Waals surface area contributed by atoms with Gasteiger partial charge < -0.3 is 9.47 Å². The summed E-state index contributed by atoms with van der Waals surface area (Å²) in [6.45, 7) is 4.27. The number of aryl methyl sites for hydroxylation is 2. The van der Waals surface area contributed by atoms with Crippen molar-refractivity contribution in [2.24, 2.45) is 0 Å². The van der Waals surface area contributed by atoms with Gasteiger partial charge in [0.05, 0.1) is 0 Å². The largest absolute Gasteiger partial charge is 0.469 e. The monoisotopic (exact) mass is 756 g/mol. The van der Waals surface area contributed by atoms with Crippen molar-refractivity contribution in [2.45, 2.75) is 83.9 Å². The SMILES string of the molecule is CSC(=S)OC(Cc1ccc(C)cc1)c1cc2c(s1)C1CC3Sc4cc(C(Cc5ccc(C)cc5)OC(=S)SC)sc4C3CC1S2. The maximum Gasteiger partial charge on any atom is 0.220 e. The molecule has 0 bridgehead atoms. The van der Waals surface area contributed by atoms with E-state index in [2.05, 4.69) is 98.0 Å². The van der Waals surface area contributed by atoms with Crippen LogP contribution in [-0.4, -0.2) is 31.8 Å². The summed E-state index contributed by atoms with van der Waals surface area (Å²) in [5.74, 6) is 1.23. The molecule has 10 heteroatoms. The topological polar surface area (TPSA) is 18.5 Å². The summed E-state index contributed by atoms with van der Waals surface area (Å²) in [5.41, 5.74) is 5.13. The zero-order valence-corrected chi connectivity index (χ0v) is 32.7. The number of hydrogen-bond donors (Lipinski definition) is 0. The Morgan fingerprint density at radius 2 is 1.09 bits per heavy atom. The Labute approximate surface area is 308 Å². The molecular weight excluding hydrogens is 721 g/mol. The molecule has 4 heterocycles. The van der Waals surface area contributed by atoms with Crippen LogP contribution in [0, 0.1) is 13.8 Å². The Morgan fingerprint density at radius 1 is 0.696 bits per heavy atom. The molecule has 0 N–H and O–H groups in total. The molecule has 6 atom stereocenters. The van der Waals surface area contributed by atoms with Crippen LogP contribution in [0.3, 0.4) is 0 Å². The van der Waals surface area contributed by atoms with E-state index in [4.69, 9.17) is 33.9 Å². The lowest BCUT2D eigenvalue weighted by atomic mass is 9.80. The van der Waals surface area contributed by atoms with E-state index in [9.17, 15) is 0 Å². The summed E-state index contributed by atoms with van der Waals surface area (Å²) in [5, 5.41) is 1.28. The minimum atomic E-state index is -0.0472. The molecule has 0 amide bonds. The van der Waals surface area contributed by atoms with Crippen LogP contribution < -0.4 is 0 Å². The summed E-state index contributed by atoms with van der Waals surface area (Å²) in [7, 11) is 0. The predicted octanol–water partition coefficient (Wildman–Crippen LogP) is 11.9. The van der Waals surface area contributed by atoms with E-state index < -0.39 is 0 Å². The fourth-order valence-electron chi connectivity index (χ4n) is 6.71. The second-order valence-electron chi connectivity index (χ2n) is 12.3. The first-order chi connectivity index (χ1) is 22.3. The van der Waals surface area contributed by atoms with Gasteiger partial charge in [0.2, 0.25) is 8.77 Å². The number of fused-ring (bicyclic) bond motifs is 6. The first kappa shape index (κ1) is 33.5. The average Bonchev–Trinajstić information content (AvgIpc) is 3.81. The molecule has 240 valence electrons. The van der Waals surface area contributed by atoms with Crippen LogP contribution in [0.1, 0.15) is 78.6 Å². The van der Waals surface area contributed by atoms with Gasteiger partial charge in [-0.2, -0.15) is 0 Å². The zero-order chi connectivity index (χ0) is 31.9. The normalized spacial score (nSPS) is 22.3.